The first-order valence-corrected chi connectivity index (χ1v) is 15.5. The van der Waals surface area contributed by atoms with Gasteiger partial charge in [0.2, 0.25) is 0 Å². The lowest BCUT2D eigenvalue weighted by Gasteiger charge is -2.29. The fraction of sp³-hybridized carbons (Fsp3) is 0.0698. The van der Waals surface area contributed by atoms with E-state index in [0.29, 0.717) is 11.1 Å². The number of ketones is 1. The van der Waals surface area contributed by atoms with E-state index in [-0.39, 0.29) is 5.78 Å². The van der Waals surface area contributed by atoms with Crippen molar-refractivity contribution in [1.29, 1.82) is 0 Å². The maximum Gasteiger partial charge on any atom is 0.186 e. The molecule has 0 aromatic heterocycles. The van der Waals surface area contributed by atoms with Crippen LogP contribution in [-0.2, 0) is 0 Å². The first-order valence-electron chi connectivity index (χ1n) is 15.5. The summed E-state index contributed by atoms with van der Waals surface area (Å²) in [6, 6.07) is 43.7. The number of fused-ring (bicyclic) bond motifs is 3. The minimum atomic E-state index is -0.196. The van der Waals surface area contributed by atoms with Gasteiger partial charge >= 0.3 is 0 Å². The zero-order valence-electron chi connectivity index (χ0n) is 26.1. The Labute approximate surface area is 269 Å². The van der Waals surface area contributed by atoms with Crippen molar-refractivity contribution in [3.05, 3.63) is 167 Å². The Morgan fingerprint density at radius 2 is 1.09 bits per heavy atom. The van der Waals surface area contributed by atoms with E-state index in [9.17, 15) is 9.59 Å². The minimum absolute atomic E-state index is 0.196. The van der Waals surface area contributed by atoms with E-state index in [1.54, 1.807) is 18.2 Å². The molecule has 0 spiro atoms. The molecule has 0 aliphatic carbocycles. The topological polar surface area (TPSA) is 37.4 Å². The third kappa shape index (κ3) is 5.48. The van der Waals surface area contributed by atoms with Gasteiger partial charge in [0.05, 0.1) is 5.69 Å². The first-order chi connectivity index (χ1) is 22.4. The van der Waals surface area contributed by atoms with Crippen LogP contribution in [-0.4, -0.2) is 12.1 Å². The molecule has 0 bridgehead atoms. The molecule has 0 heterocycles. The Morgan fingerprint density at radius 3 is 1.74 bits per heavy atom. The minimum Gasteiger partial charge on any atom is -0.310 e. The number of aryl methyl sites for hydroxylation is 3. The van der Waals surface area contributed by atoms with E-state index in [2.05, 4.69) is 111 Å². The summed E-state index contributed by atoms with van der Waals surface area (Å²) >= 11 is 0. The fourth-order valence-corrected chi connectivity index (χ4v) is 6.57. The van der Waals surface area contributed by atoms with Crippen molar-refractivity contribution in [3.63, 3.8) is 0 Å². The first kappa shape index (κ1) is 28.9. The van der Waals surface area contributed by atoms with E-state index in [1.807, 2.05) is 36.4 Å². The largest absolute Gasteiger partial charge is 0.310 e. The number of anilines is 3. The Kier molecular flexibility index (Phi) is 7.52. The lowest BCUT2D eigenvalue weighted by Crippen LogP contribution is -2.13. The lowest BCUT2D eigenvalue weighted by atomic mass is 9.98. The number of carbonyl (C=O) groups excluding carboxylic acids is 2. The average molecular weight is 596 g/mol. The van der Waals surface area contributed by atoms with Crippen LogP contribution in [0.2, 0.25) is 0 Å². The van der Waals surface area contributed by atoms with Crippen LogP contribution in [0.3, 0.4) is 0 Å². The number of hydrogen-bond acceptors (Lipinski definition) is 3. The maximum atomic E-state index is 13.2. The molecule has 3 heteroatoms. The highest BCUT2D eigenvalue weighted by Gasteiger charge is 2.18. The van der Waals surface area contributed by atoms with Crippen molar-refractivity contribution < 1.29 is 9.59 Å². The van der Waals surface area contributed by atoms with Crippen molar-refractivity contribution in [2.45, 2.75) is 20.8 Å². The summed E-state index contributed by atoms with van der Waals surface area (Å²) in [4.78, 5) is 27.3. The molecule has 0 amide bonds. The van der Waals surface area contributed by atoms with Gasteiger partial charge in [0.25, 0.3) is 0 Å². The molecule has 7 aromatic carbocycles. The van der Waals surface area contributed by atoms with Gasteiger partial charge in [-0.15, -0.1) is 0 Å². The zero-order valence-corrected chi connectivity index (χ0v) is 26.1. The van der Waals surface area contributed by atoms with Crippen LogP contribution in [0.5, 0.6) is 0 Å². The van der Waals surface area contributed by atoms with Crippen LogP contribution in [0, 0.1) is 20.8 Å². The second-order valence-corrected chi connectivity index (χ2v) is 12.0. The molecule has 0 radical (unpaired) electrons. The highest BCUT2D eigenvalue weighted by atomic mass is 16.1. The standard InChI is InChI=1S/C43H33NO2/c1-28-20-29(2)43(30(3)21-28)44(39-17-15-32-8-4-5-10-34(32)24-39)40-18-16-36-22-31(12-14-37(36)25-40)13-19-42(46)41-26-35-11-7-6-9-33(35)23-38(41)27-45/h4-27H,1-3H3. The van der Waals surface area contributed by atoms with Gasteiger partial charge in [-0.1, -0.05) is 96.6 Å². The molecule has 0 fully saturated rings. The van der Waals surface area contributed by atoms with Gasteiger partial charge in [0.1, 0.15) is 0 Å². The summed E-state index contributed by atoms with van der Waals surface area (Å²) in [5.74, 6) is -0.196. The van der Waals surface area contributed by atoms with Crippen molar-refractivity contribution in [1.82, 2.24) is 0 Å². The second kappa shape index (κ2) is 11.9. The third-order valence-electron chi connectivity index (χ3n) is 8.69. The van der Waals surface area contributed by atoms with Gasteiger partial charge in [-0.3, -0.25) is 9.59 Å². The molecule has 0 atom stereocenters. The molecule has 0 N–H and O–H groups in total. The summed E-state index contributed by atoms with van der Waals surface area (Å²) in [6.07, 6.45) is 4.12. The Balaban J connectivity index is 1.25. The normalized spacial score (nSPS) is 11.5. The zero-order chi connectivity index (χ0) is 31.8. The quantitative estimate of drug-likeness (QED) is 0.104. The molecule has 3 nitrogen and oxygen atoms in total. The van der Waals surface area contributed by atoms with Crippen LogP contribution in [0.4, 0.5) is 17.1 Å². The van der Waals surface area contributed by atoms with Gasteiger partial charge in [0, 0.05) is 22.5 Å². The average Bonchev–Trinajstić information content (AvgIpc) is 3.07. The Morgan fingerprint density at radius 1 is 0.565 bits per heavy atom. The summed E-state index contributed by atoms with van der Waals surface area (Å²) in [5, 5.41) is 6.46. The number of rotatable bonds is 7. The number of allylic oxidation sites excluding steroid dienone is 1. The molecule has 46 heavy (non-hydrogen) atoms. The maximum absolute atomic E-state index is 13.2. The van der Waals surface area contributed by atoms with E-state index >= 15 is 0 Å². The van der Waals surface area contributed by atoms with E-state index in [1.165, 1.54) is 33.2 Å². The SMILES string of the molecule is Cc1cc(C)c(N(c2ccc3ccccc3c2)c2ccc3cc(C=CC(=O)c4cc5ccccc5cc4C=O)ccc3c2)c(C)c1. The summed E-state index contributed by atoms with van der Waals surface area (Å²) in [5.41, 5.74) is 8.78. The second-order valence-electron chi connectivity index (χ2n) is 12.0. The summed E-state index contributed by atoms with van der Waals surface area (Å²) in [6.45, 7) is 6.50. The predicted octanol–water partition coefficient (Wildman–Crippen LogP) is 11.2. The third-order valence-corrected chi connectivity index (χ3v) is 8.69. The molecule has 0 aliphatic rings. The van der Waals surface area contributed by atoms with Crippen LogP contribution in [0.1, 0.15) is 43.0 Å². The predicted molar refractivity (Wildman–Crippen MR) is 193 cm³/mol. The fourth-order valence-electron chi connectivity index (χ4n) is 6.57. The molecule has 0 unspecified atom stereocenters. The van der Waals surface area contributed by atoms with Crippen molar-refractivity contribution in [3.8, 4) is 0 Å². The highest BCUT2D eigenvalue weighted by molar-refractivity contribution is 6.13. The van der Waals surface area contributed by atoms with E-state index in [0.717, 1.165) is 44.8 Å². The number of carbonyl (C=O) groups is 2. The molecular weight excluding hydrogens is 562 g/mol. The van der Waals surface area contributed by atoms with Crippen LogP contribution >= 0.6 is 0 Å². The molecular formula is C43H33NO2. The molecule has 0 aliphatic heterocycles. The highest BCUT2D eigenvalue weighted by Crippen LogP contribution is 2.41. The lowest BCUT2D eigenvalue weighted by molar-refractivity contribution is 0.103. The molecule has 222 valence electrons. The Bertz CT molecular complexity index is 2320. The van der Waals surface area contributed by atoms with Gasteiger partial charge in [-0.25, -0.2) is 0 Å². The number of nitrogens with zero attached hydrogens (tertiary/aromatic N) is 1. The van der Waals surface area contributed by atoms with Gasteiger partial charge < -0.3 is 4.90 Å². The monoisotopic (exact) mass is 595 g/mol. The number of benzene rings is 7. The van der Waals surface area contributed by atoms with Gasteiger partial charge in [-0.05, 0) is 118 Å². The smallest absolute Gasteiger partial charge is 0.186 e. The van der Waals surface area contributed by atoms with Crippen LogP contribution < -0.4 is 4.90 Å². The van der Waals surface area contributed by atoms with Crippen molar-refractivity contribution in [2.75, 3.05) is 4.90 Å². The number of aldehydes is 1. The molecule has 0 saturated heterocycles. The Hall–Kier alpha value is -5.80. The van der Waals surface area contributed by atoms with Crippen LogP contribution in [0.25, 0.3) is 38.4 Å². The van der Waals surface area contributed by atoms with Crippen molar-refractivity contribution in [2.24, 2.45) is 0 Å². The molecule has 7 aromatic rings. The molecule has 0 saturated carbocycles. The summed E-state index contributed by atoms with van der Waals surface area (Å²) in [7, 11) is 0. The summed E-state index contributed by atoms with van der Waals surface area (Å²) < 4.78 is 0. The van der Waals surface area contributed by atoms with Crippen LogP contribution in [0.15, 0.2) is 133 Å². The van der Waals surface area contributed by atoms with Gasteiger partial charge in [-0.2, -0.15) is 0 Å². The van der Waals surface area contributed by atoms with Crippen molar-refractivity contribution >= 4 is 67.5 Å². The van der Waals surface area contributed by atoms with Gasteiger partial charge in [0.15, 0.2) is 12.1 Å². The van der Waals surface area contributed by atoms with E-state index in [4.69, 9.17) is 0 Å². The molecule has 7 rings (SSSR count). The number of hydrogen-bond donors (Lipinski definition) is 0. The van der Waals surface area contributed by atoms with E-state index < -0.39 is 0 Å².